The molecule has 0 amide bonds. The van der Waals surface area contributed by atoms with Crippen molar-refractivity contribution in [3.8, 4) is 0 Å². The molecule has 0 aromatic rings. The molecule has 0 saturated carbocycles. The van der Waals surface area contributed by atoms with Gasteiger partial charge in [-0.05, 0) is 19.4 Å². The molecule has 3 nitrogen and oxygen atoms in total. The molecular formula is C11H18O3. The minimum Gasteiger partial charge on any atom is -0.483 e. The Labute approximate surface area is 85.4 Å². The number of hydrogen-bond donors (Lipinski definition) is 0. The zero-order chi connectivity index (χ0) is 10.8. The molecule has 0 aromatic heterocycles. The van der Waals surface area contributed by atoms with E-state index in [-0.39, 0.29) is 5.76 Å². The highest BCUT2D eigenvalue weighted by Crippen LogP contribution is 2.00. The zero-order valence-electron chi connectivity index (χ0n) is 9.08. The van der Waals surface area contributed by atoms with Crippen LogP contribution in [-0.2, 0) is 14.3 Å². The van der Waals surface area contributed by atoms with E-state index in [4.69, 9.17) is 4.74 Å². The van der Waals surface area contributed by atoms with Crippen molar-refractivity contribution < 1.29 is 14.3 Å². The number of unbranched alkanes of at least 4 members (excludes halogenated alkanes) is 1. The second-order valence-electron chi connectivity index (χ2n) is 2.72. The first kappa shape index (κ1) is 12.8. The fourth-order valence-electron chi connectivity index (χ4n) is 0.851. The lowest BCUT2D eigenvalue weighted by molar-refractivity contribution is -0.139. The summed E-state index contributed by atoms with van der Waals surface area (Å²) < 4.78 is 9.72. The molecule has 0 atom stereocenters. The minimum atomic E-state index is -0.434. The molecule has 0 radical (unpaired) electrons. The van der Waals surface area contributed by atoms with Gasteiger partial charge in [-0.1, -0.05) is 25.5 Å². The molecule has 0 aromatic carbocycles. The van der Waals surface area contributed by atoms with Crippen LogP contribution in [0.25, 0.3) is 0 Å². The Kier molecular flexibility index (Phi) is 7.61. The zero-order valence-corrected chi connectivity index (χ0v) is 9.08. The molecule has 0 saturated heterocycles. The fraction of sp³-hybridized carbons (Fsp3) is 0.545. The van der Waals surface area contributed by atoms with E-state index in [2.05, 4.69) is 11.7 Å². The van der Waals surface area contributed by atoms with Crippen molar-refractivity contribution >= 4 is 5.97 Å². The second-order valence-corrected chi connectivity index (χ2v) is 2.72. The lowest BCUT2D eigenvalue weighted by Crippen LogP contribution is -2.08. The smallest absolute Gasteiger partial charge is 0.372 e. The third-order valence-corrected chi connectivity index (χ3v) is 1.61. The van der Waals surface area contributed by atoms with E-state index < -0.39 is 5.97 Å². The van der Waals surface area contributed by atoms with Gasteiger partial charge in [0.1, 0.15) is 6.61 Å². The number of carbonyl (C=O) groups is 1. The number of rotatable bonds is 6. The summed E-state index contributed by atoms with van der Waals surface area (Å²) >= 11 is 0. The molecule has 0 fully saturated rings. The van der Waals surface area contributed by atoms with Gasteiger partial charge in [0.25, 0.3) is 0 Å². The number of allylic oxidation sites excluding steroid dienone is 2. The minimum absolute atomic E-state index is 0.258. The van der Waals surface area contributed by atoms with Crippen molar-refractivity contribution in [2.24, 2.45) is 0 Å². The van der Waals surface area contributed by atoms with Crippen molar-refractivity contribution in [1.29, 1.82) is 0 Å². The molecule has 14 heavy (non-hydrogen) atoms. The van der Waals surface area contributed by atoms with Gasteiger partial charge in [-0.15, -0.1) is 0 Å². The van der Waals surface area contributed by atoms with E-state index in [1.165, 1.54) is 7.11 Å². The summed E-state index contributed by atoms with van der Waals surface area (Å²) in [4.78, 5) is 11.0. The first-order valence-corrected chi connectivity index (χ1v) is 4.78. The highest BCUT2D eigenvalue weighted by Gasteiger charge is 2.07. The van der Waals surface area contributed by atoms with Gasteiger partial charge in [0.05, 0.1) is 7.11 Å². The quantitative estimate of drug-likeness (QED) is 0.284. The summed E-state index contributed by atoms with van der Waals surface area (Å²) in [6.07, 6.45) is 7.68. The average Bonchev–Trinajstić information content (AvgIpc) is 2.22. The number of carbonyl (C=O) groups excluding carboxylic acids is 1. The Hall–Kier alpha value is -1.25. The third kappa shape index (κ3) is 5.41. The standard InChI is InChI=1S/C11H18O3/c1-4-6-7-8-9-14-10(5-2)11(12)13-3/h5,7-8H,4,6,9H2,1-3H3/b8-7+,10-5?. The lowest BCUT2D eigenvalue weighted by atomic mass is 10.3. The number of ether oxygens (including phenoxy) is 2. The van der Waals surface area contributed by atoms with Crippen molar-refractivity contribution in [2.45, 2.75) is 26.7 Å². The maximum absolute atomic E-state index is 11.0. The van der Waals surface area contributed by atoms with Crippen LogP contribution < -0.4 is 0 Å². The molecule has 0 bridgehead atoms. The summed E-state index contributed by atoms with van der Waals surface area (Å²) in [6.45, 7) is 4.26. The van der Waals surface area contributed by atoms with Gasteiger partial charge >= 0.3 is 5.97 Å². The fourth-order valence-corrected chi connectivity index (χ4v) is 0.851. The highest BCUT2D eigenvalue weighted by molar-refractivity contribution is 5.85. The number of esters is 1. The molecular weight excluding hydrogens is 180 g/mol. The second kappa shape index (κ2) is 8.35. The van der Waals surface area contributed by atoms with Gasteiger partial charge in [-0.25, -0.2) is 4.79 Å². The molecule has 0 heterocycles. The normalized spacial score (nSPS) is 11.8. The maximum atomic E-state index is 11.0. The van der Waals surface area contributed by atoms with E-state index >= 15 is 0 Å². The molecule has 0 aliphatic rings. The summed E-state index contributed by atoms with van der Waals surface area (Å²) in [5.74, 6) is -0.176. The Morgan fingerprint density at radius 1 is 1.36 bits per heavy atom. The lowest BCUT2D eigenvalue weighted by Gasteiger charge is -2.04. The Morgan fingerprint density at radius 2 is 2.07 bits per heavy atom. The van der Waals surface area contributed by atoms with Crippen molar-refractivity contribution in [3.63, 3.8) is 0 Å². The van der Waals surface area contributed by atoms with Gasteiger partial charge in [-0.3, -0.25) is 0 Å². The van der Waals surface area contributed by atoms with Crippen molar-refractivity contribution in [1.82, 2.24) is 0 Å². The van der Waals surface area contributed by atoms with Gasteiger partial charge in [0.15, 0.2) is 0 Å². The molecule has 0 unspecified atom stereocenters. The molecule has 0 aliphatic heterocycles. The summed E-state index contributed by atoms with van der Waals surface area (Å²) in [6, 6.07) is 0. The van der Waals surface area contributed by atoms with E-state index in [0.717, 1.165) is 12.8 Å². The Balaban J connectivity index is 3.81. The summed E-state index contributed by atoms with van der Waals surface area (Å²) in [5, 5.41) is 0. The summed E-state index contributed by atoms with van der Waals surface area (Å²) in [5.41, 5.74) is 0. The number of hydrogen-bond acceptors (Lipinski definition) is 3. The van der Waals surface area contributed by atoms with E-state index in [1.807, 2.05) is 12.2 Å². The van der Waals surface area contributed by atoms with Crippen LogP contribution in [0.3, 0.4) is 0 Å². The van der Waals surface area contributed by atoms with Gasteiger partial charge in [0.2, 0.25) is 5.76 Å². The van der Waals surface area contributed by atoms with Gasteiger partial charge in [-0.2, -0.15) is 0 Å². The van der Waals surface area contributed by atoms with Crippen LogP contribution in [0, 0.1) is 0 Å². The van der Waals surface area contributed by atoms with Crippen LogP contribution in [0.1, 0.15) is 26.7 Å². The topological polar surface area (TPSA) is 35.5 Å². The van der Waals surface area contributed by atoms with E-state index in [9.17, 15) is 4.79 Å². The van der Waals surface area contributed by atoms with Gasteiger partial charge in [0, 0.05) is 0 Å². The predicted octanol–water partition coefficient (Wildman–Crippen LogP) is 2.44. The predicted molar refractivity (Wildman–Crippen MR) is 55.8 cm³/mol. The van der Waals surface area contributed by atoms with Crippen LogP contribution in [-0.4, -0.2) is 19.7 Å². The van der Waals surface area contributed by atoms with Crippen LogP contribution >= 0.6 is 0 Å². The molecule has 0 N–H and O–H groups in total. The van der Waals surface area contributed by atoms with E-state index in [0.29, 0.717) is 6.61 Å². The largest absolute Gasteiger partial charge is 0.483 e. The highest BCUT2D eigenvalue weighted by atomic mass is 16.6. The number of methoxy groups -OCH3 is 1. The third-order valence-electron chi connectivity index (χ3n) is 1.61. The van der Waals surface area contributed by atoms with Gasteiger partial charge < -0.3 is 9.47 Å². The summed E-state index contributed by atoms with van der Waals surface area (Å²) in [7, 11) is 1.34. The molecule has 0 rings (SSSR count). The molecule has 0 spiro atoms. The Bertz CT molecular complexity index is 217. The SMILES string of the molecule is CC=C(OC/C=C/CCC)C(=O)OC. The van der Waals surface area contributed by atoms with Crippen LogP contribution in [0.5, 0.6) is 0 Å². The molecule has 3 heteroatoms. The molecule has 0 aliphatic carbocycles. The van der Waals surface area contributed by atoms with Crippen molar-refractivity contribution in [3.05, 3.63) is 24.0 Å². The van der Waals surface area contributed by atoms with Crippen LogP contribution in [0.4, 0.5) is 0 Å². The van der Waals surface area contributed by atoms with E-state index in [1.54, 1.807) is 13.0 Å². The average molecular weight is 198 g/mol. The molecule has 80 valence electrons. The first-order valence-electron chi connectivity index (χ1n) is 4.78. The van der Waals surface area contributed by atoms with Crippen molar-refractivity contribution in [2.75, 3.05) is 13.7 Å². The first-order chi connectivity index (χ1) is 6.76. The van der Waals surface area contributed by atoms with Crippen LogP contribution in [0.15, 0.2) is 24.0 Å². The maximum Gasteiger partial charge on any atom is 0.372 e. The Morgan fingerprint density at radius 3 is 2.57 bits per heavy atom. The van der Waals surface area contributed by atoms with Crippen LogP contribution in [0.2, 0.25) is 0 Å². The monoisotopic (exact) mass is 198 g/mol.